The maximum Gasteiger partial charge on any atom is 0.194 e. The van der Waals surface area contributed by atoms with Crippen LogP contribution in [0.25, 0.3) is 0 Å². The van der Waals surface area contributed by atoms with Gasteiger partial charge >= 0.3 is 0 Å². The molecule has 0 aromatic heterocycles. The first-order valence-electron chi connectivity index (χ1n) is 10.4. The quantitative estimate of drug-likeness (QED) is 0.515. The van der Waals surface area contributed by atoms with Gasteiger partial charge in [-0.05, 0) is 45.4 Å². The summed E-state index contributed by atoms with van der Waals surface area (Å²) in [5.41, 5.74) is 0.912. The van der Waals surface area contributed by atoms with Crippen molar-refractivity contribution in [2.75, 3.05) is 52.1 Å². The lowest BCUT2D eigenvalue weighted by atomic mass is 10.2. The van der Waals surface area contributed by atoms with E-state index in [2.05, 4.69) is 20.1 Å². The van der Waals surface area contributed by atoms with E-state index in [9.17, 15) is 12.8 Å². The average molecular weight is 443 g/mol. The van der Waals surface area contributed by atoms with Crippen molar-refractivity contribution in [2.45, 2.75) is 39.0 Å². The maximum absolute atomic E-state index is 13.9. The number of halogens is 1. The van der Waals surface area contributed by atoms with Crippen LogP contribution in [-0.4, -0.2) is 81.1 Å². The zero-order valence-electron chi connectivity index (χ0n) is 18.7. The lowest BCUT2D eigenvalue weighted by molar-refractivity contribution is 0.172. The highest BCUT2D eigenvalue weighted by Gasteiger charge is 2.28. The Kier molecular flexibility index (Phi) is 8.49. The Bertz CT molecular complexity index is 829. The zero-order chi connectivity index (χ0) is 22.4. The Labute approximate surface area is 180 Å². The van der Waals surface area contributed by atoms with Gasteiger partial charge in [0.15, 0.2) is 27.4 Å². The first-order chi connectivity index (χ1) is 14.1. The molecule has 1 saturated heterocycles. The van der Waals surface area contributed by atoms with Crippen molar-refractivity contribution in [1.82, 2.24) is 15.1 Å². The van der Waals surface area contributed by atoms with Crippen LogP contribution in [0.1, 0.15) is 33.3 Å². The molecule has 0 saturated carbocycles. The Balaban J connectivity index is 1.92. The van der Waals surface area contributed by atoms with E-state index in [0.29, 0.717) is 6.54 Å². The average Bonchev–Trinajstić information content (AvgIpc) is 2.67. The van der Waals surface area contributed by atoms with E-state index in [0.717, 1.165) is 44.2 Å². The van der Waals surface area contributed by atoms with Gasteiger partial charge in [0.05, 0.1) is 24.2 Å². The fourth-order valence-electron chi connectivity index (χ4n) is 3.19. The van der Waals surface area contributed by atoms with Crippen molar-refractivity contribution in [3.63, 3.8) is 0 Å². The predicted molar refractivity (Wildman–Crippen MR) is 119 cm³/mol. The first kappa shape index (κ1) is 24.4. The van der Waals surface area contributed by atoms with Gasteiger partial charge in [-0.15, -0.1) is 0 Å². The van der Waals surface area contributed by atoms with Crippen molar-refractivity contribution >= 4 is 15.8 Å². The van der Waals surface area contributed by atoms with Gasteiger partial charge in [-0.1, -0.05) is 6.07 Å². The largest absolute Gasteiger partial charge is 0.494 e. The third-order valence-corrected chi connectivity index (χ3v) is 7.77. The number of hydrogen-bond donors (Lipinski definition) is 1. The van der Waals surface area contributed by atoms with Crippen LogP contribution in [0.15, 0.2) is 23.2 Å². The standard InChI is InChI=1S/C21H35FN4O3S/c1-6-23-20(24-9-14-30(27,28)21(2,3)4)26-12-10-25(11-13-26)16-17-7-8-19(29-5)18(22)15-17/h7-8,15H,6,9-14,16H2,1-5H3,(H,23,24). The number of aliphatic imine (C=N–C) groups is 1. The molecule has 1 fully saturated rings. The molecule has 1 heterocycles. The van der Waals surface area contributed by atoms with Crippen LogP contribution in [0.5, 0.6) is 5.75 Å². The molecule has 0 spiro atoms. The minimum Gasteiger partial charge on any atom is -0.494 e. The Morgan fingerprint density at radius 3 is 2.43 bits per heavy atom. The normalized spacial score (nSPS) is 16.6. The second-order valence-corrected chi connectivity index (χ2v) is 11.3. The van der Waals surface area contributed by atoms with E-state index < -0.39 is 14.6 Å². The number of ether oxygens (including phenoxy) is 1. The summed E-state index contributed by atoms with van der Waals surface area (Å²) >= 11 is 0. The Morgan fingerprint density at radius 1 is 1.23 bits per heavy atom. The molecule has 0 amide bonds. The van der Waals surface area contributed by atoms with Gasteiger partial charge in [-0.25, -0.2) is 12.8 Å². The molecule has 1 N–H and O–H groups in total. The molecule has 7 nitrogen and oxygen atoms in total. The molecule has 1 aliphatic rings. The topological polar surface area (TPSA) is 74.2 Å². The third kappa shape index (κ3) is 6.57. The summed E-state index contributed by atoms with van der Waals surface area (Å²) in [5, 5.41) is 3.26. The fourth-order valence-corrected chi connectivity index (χ4v) is 4.13. The minimum absolute atomic E-state index is 0.0361. The van der Waals surface area contributed by atoms with Gasteiger partial charge in [0.25, 0.3) is 0 Å². The molecule has 0 aliphatic carbocycles. The molecule has 170 valence electrons. The number of nitrogens with zero attached hydrogens (tertiary/aromatic N) is 3. The van der Waals surface area contributed by atoms with Crippen LogP contribution in [0.4, 0.5) is 4.39 Å². The van der Waals surface area contributed by atoms with Crippen molar-refractivity contribution in [3.05, 3.63) is 29.6 Å². The molecular weight excluding hydrogens is 407 g/mol. The summed E-state index contributed by atoms with van der Waals surface area (Å²) in [6.07, 6.45) is 0. The van der Waals surface area contributed by atoms with Crippen molar-refractivity contribution in [3.8, 4) is 5.75 Å². The number of benzene rings is 1. The van der Waals surface area contributed by atoms with Crippen molar-refractivity contribution in [1.29, 1.82) is 0 Å². The highest BCUT2D eigenvalue weighted by molar-refractivity contribution is 7.92. The minimum atomic E-state index is -3.19. The summed E-state index contributed by atoms with van der Waals surface area (Å²) in [6, 6.07) is 5.06. The fraction of sp³-hybridized carbons (Fsp3) is 0.667. The Morgan fingerprint density at radius 2 is 1.90 bits per heavy atom. The molecule has 0 atom stereocenters. The van der Waals surface area contributed by atoms with E-state index in [1.54, 1.807) is 26.8 Å². The smallest absolute Gasteiger partial charge is 0.194 e. The molecule has 0 radical (unpaired) electrons. The lowest BCUT2D eigenvalue weighted by Crippen LogP contribution is -2.52. The number of guanidine groups is 1. The van der Waals surface area contributed by atoms with Gasteiger partial charge in [0, 0.05) is 39.3 Å². The molecule has 1 aliphatic heterocycles. The molecule has 30 heavy (non-hydrogen) atoms. The summed E-state index contributed by atoms with van der Waals surface area (Å²) in [5.74, 6) is 0.690. The van der Waals surface area contributed by atoms with Gasteiger partial charge in [0.1, 0.15) is 0 Å². The van der Waals surface area contributed by atoms with Gasteiger partial charge in [-0.3, -0.25) is 9.89 Å². The van der Waals surface area contributed by atoms with E-state index in [1.807, 2.05) is 13.0 Å². The highest BCUT2D eigenvalue weighted by Crippen LogP contribution is 2.19. The Hall–Kier alpha value is -1.87. The summed E-state index contributed by atoms with van der Waals surface area (Å²) in [7, 11) is -1.73. The number of methoxy groups -OCH3 is 1. The second kappa shape index (κ2) is 10.4. The van der Waals surface area contributed by atoms with E-state index in [4.69, 9.17) is 4.74 Å². The van der Waals surface area contributed by atoms with Crippen LogP contribution >= 0.6 is 0 Å². The maximum atomic E-state index is 13.9. The molecule has 9 heteroatoms. The number of piperazine rings is 1. The summed E-state index contributed by atoms with van der Waals surface area (Å²) < 4.78 is 42.7. The van der Waals surface area contributed by atoms with Crippen molar-refractivity contribution in [2.24, 2.45) is 4.99 Å². The molecule has 2 rings (SSSR count). The van der Waals surface area contributed by atoms with E-state index >= 15 is 0 Å². The van der Waals surface area contributed by atoms with Crippen LogP contribution in [0, 0.1) is 5.82 Å². The highest BCUT2D eigenvalue weighted by atomic mass is 32.2. The van der Waals surface area contributed by atoms with Gasteiger partial charge in [0.2, 0.25) is 0 Å². The first-order valence-corrected chi connectivity index (χ1v) is 12.0. The lowest BCUT2D eigenvalue weighted by Gasteiger charge is -2.36. The number of sulfone groups is 1. The van der Waals surface area contributed by atoms with Gasteiger partial charge in [-0.2, -0.15) is 0 Å². The molecular formula is C21H35FN4O3S. The molecule has 0 bridgehead atoms. The second-order valence-electron chi connectivity index (χ2n) is 8.40. The zero-order valence-corrected chi connectivity index (χ0v) is 19.6. The third-order valence-electron chi connectivity index (χ3n) is 5.18. The van der Waals surface area contributed by atoms with Crippen LogP contribution in [0.3, 0.4) is 0 Å². The SMILES string of the molecule is CCNC(=NCCS(=O)(=O)C(C)(C)C)N1CCN(Cc2ccc(OC)c(F)c2)CC1. The molecule has 0 unspecified atom stereocenters. The number of rotatable bonds is 7. The van der Waals surface area contributed by atoms with E-state index in [1.165, 1.54) is 13.2 Å². The predicted octanol–water partition coefficient (Wildman–Crippen LogP) is 2.13. The molecule has 1 aromatic carbocycles. The number of hydrogen-bond acceptors (Lipinski definition) is 5. The van der Waals surface area contributed by atoms with Crippen LogP contribution in [-0.2, 0) is 16.4 Å². The summed E-state index contributed by atoms with van der Waals surface area (Å²) in [6.45, 7) is 12.0. The van der Waals surface area contributed by atoms with Gasteiger partial charge < -0.3 is 15.0 Å². The number of nitrogens with one attached hydrogen (secondary N) is 1. The molecule has 1 aromatic rings. The monoisotopic (exact) mass is 442 g/mol. The van der Waals surface area contributed by atoms with Crippen LogP contribution < -0.4 is 10.1 Å². The summed E-state index contributed by atoms with van der Waals surface area (Å²) in [4.78, 5) is 8.97. The van der Waals surface area contributed by atoms with Crippen molar-refractivity contribution < 1.29 is 17.5 Å². The van der Waals surface area contributed by atoms with E-state index in [-0.39, 0.29) is 23.9 Å². The van der Waals surface area contributed by atoms with Crippen LogP contribution in [0.2, 0.25) is 0 Å².